The summed E-state index contributed by atoms with van der Waals surface area (Å²) >= 11 is 6.40. The zero-order valence-electron chi connectivity index (χ0n) is 12.8. The predicted molar refractivity (Wildman–Crippen MR) is 92.9 cm³/mol. The molecule has 0 fully saturated rings. The number of fused-ring (bicyclic) bond motifs is 1. The molecule has 22 heavy (non-hydrogen) atoms. The van der Waals surface area contributed by atoms with Gasteiger partial charge in [0.05, 0.1) is 24.7 Å². The van der Waals surface area contributed by atoms with E-state index in [2.05, 4.69) is 30.1 Å². The van der Waals surface area contributed by atoms with E-state index in [9.17, 15) is 0 Å². The molecule has 3 nitrogen and oxygen atoms in total. The van der Waals surface area contributed by atoms with E-state index in [0.717, 1.165) is 34.8 Å². The van der Waals surface area contributed by atoms with Gasteiger partial charge < -0.3 is 9.64 Å². The molecule has 0 bridgehead atoms. The molecule has 1 aliphatic rings. The fourth-order valence-electron chi connectivity index (χ4n) is 2.73. The molecule has 1 atom stereocenters. The molecule has 2 aromatic rings. The molecule has 0 saturated carbocycles. The molecule has 0 aromatic heterocycles. The summed E-state index contributed by atoms with van der Waals surface area (Å²) in [6.07, 6.45) is 0. The number of halogens is 1. The first kappa shape index (κ1) is 14.9. The van der Waals surface area contributed by atoms with Crippen LogP contribution in [0.3, 0.4) is 0 Å². The number of hydrogen-bond donors (Lipinski definition) is 0. The minimum absolute atomic E-state index is 0.0111. The van der Waals surface area contributed by atoms with Gasteiger partial charge in [-0.1, -0.05) is 30.3 Å². The van der Waals surface area contributed by atoms with Crippen LogP contribution in [0.2, 0.25) is 0 Å². The second-order valence-electron chi connectivity index (χ2n) is 5.42. The Balaban J connectivity index is 2.17. The van der Waals surface area contributed by atoms with Gasteiger partial charge in [0.2, 0.25) is 0 Å². The highest BCUT2D eigenvalue weighted by Crippen LogP contribution is 2.30. The summed E-state index contributed by atoms with van der Waals surface area (Å²) in [5.41, 5.74) is 4.29. The number of benzene rings is 2. The van der Waals surface area contributed by atoms with E-state index in [1.807, 2.05) is 30.3 Å². The molecule has 114 valence electrons. The molecule has 1 heterocycles. The molecular weight excluding hydrogens is 296 g/mol. The summed E-state index contributed by atoms with van der Waals surface area (Å²) < 4.78 is 5.37. The van der Waals surface area contributed by atoms with E-state index in [1.165, 1.54) is 0 Å². The fraction of sp³-hybridized carbons (Fsp3) is 0.278. The van der Waals surface area contributed by atoms with Gasteiger partial charge in [0.1, 0.15) is 5.75 Å². The quantitative estimate of drug-likeness (QED) is 0.791. The van der Waals surface area contributed by atoms with Crippen LogP contribution in [0.4, 0.5) is 5.69 Å². The lowest BCUT2D eigenvalue weighted by atomic mass is 9.99. The van der Waals surface area contributed by atoms with Gasteiger partial charge in [0.25, 0.3) is 0 Å². The second kappa shape index (κ2) is 6.41. The van der Waals surface area contributed by atoms with Crippen LogP contribution in [0, 0.1) is 0 Å². The number of methoxy groups -OCH3 is 1. The summed E-state index contributed by atoms with van der Waals surface area (Å²) in [7, 11) is 3.74. The monoisotopic (exact) mass is 314 g/mol. The Morgan fingerprint density at radius 3 is 2.68 bits per heavy atom. The lowest BCUT2D eigenvalue weighted by molar-refractivity contribution is 0.415. The molecule has 1 aliphatic heterocycles. The molecule has 2 aromatic carbocycles. The number of hydrogen-bond acceptors (Lipinski definition) is 3. The van der Waals surface area contributed by atoms with Crippen LogP contribution in [0.15, 0.2) is 53.5 Å². The van der Waals surface area contributed by atoms with Crippen molar-refractivity contribution in [1.82, 2.24) is 0 Å². The number of ether oxygens (including phenoxy) is 1. The van der Waals surface area contributed by atoms with Crippen molar-refractivity contribution in [3.05, 3.63) is 59.7 Å². The highest BCUT2D eigenvalue weighted by atomic mass is 35.5. The van der Waals surface area contributed by atoms with Gasteiger partial charge in [-0.3, -0.25) is 4.99 Å². The molecule has 0 spiro atoms. The normalized spacial score (nSPS) is 20.4. The third-order valence-corrected chi connectivity index (χ3v) is 4.11. The maximum Gasteiger partial charge on any atom is 0.120 e. The van der Waals surface area contributed by atoms with Crippen LogP contribution in [0.5, 0.6) is 5.75 Å². The van der Waals surface area contributed by atoms with Crippen molar-refractivity contribution in [3.8, 4) is 5.75 Å². The summed E-state index contributed by atoms with van der Waals surface area (Å²) in [5.74, 6) is 0.838. The average Bonchev–Trinajstić information content (AvgIpc) is 2.55. The minimum Gasteiger partial charge on any atom is -0.497 e. The zero-order chi connectivity index (χ0) is 15.5. The molecule has 1 unspecified atom stereocenters. The van der Waals surface area contributed by atoms with E-state index in [4.69, 9.17) is 21.3 Å². The van der Waals surface area contributed by atoms with Crippen LogP contribution in [0.1, 0.15) is 11.1 Å². The molecule has 0 radical (unpaired) electrons. The first-order chi connectivity index (χ1) is 10.7. The van der Waals surface area contributed by atoms with Crippen molar-refractivity contribution >= 4 is 23.0 Å². The lowest BCUT2D eigenvalue weighted by Crippen LogP contribution is -2.31. The first-order valence-electron chi connectivity index (χ1n) is 7.32. The Bertz CT molecular complexity index is 685. The minimum atomic E-state index is -0.0111. The van der Waals surface area contributed by atoms with Crippen molar-refractivity contribution < 1.29 is 4.74 Å². The van der Waals surface area contributed by atoms with Crippen LogP contribution >= 0.6 is 11.6 Å². The van der Waals surface area contributed by atoms with E-state index in [0.29, 0.717) is 6.54 Å². The SMILES string of the molecule is COc1ccc2c(c1)N(C)CC(Cl)C/N=C\2c1ccccc1. The molecule has 0 amide bonds. The van der Waals surface area contributed by atoms with E-state index < -0.39 is 0 Å². The summed E-state index contributed by atoms with van der Waals surface area (Å²) in [6.45, 7) is 1.37. The molecule has 3 rings (SSSR count). The van der Waals surface area contributed by atoms with Gasteiger partial charge in [-0.05, 0) is 12.1 Å². The average molecular weight is 315 g/mol. The summed E-state index contributed by atoms with van der Waals surface area (Å²) in [4.78, 5) is 6.96. The third-order valence-electron chi connectivity index (χ3n) is 3.84. The number of rotatable bonds is 2. The number of nitrogens with zero attached hydrogens (tertiary/aromatic N) is 2. The van der Waals surface area contributed by atoms with Crippen molar-refractivity contribution in [2.75, 3.05) is 32.1 Å². The highest BCUT2D eigenvalue weighted by Gasteiger charge is 2.20. The number of alkyl halides is 1. The molecular formula is C18H19ClN2O. The van der Waals surface area contributed by atoms with Gasteiger partial charge in [0, 0.05) is 36.5 Å². The van der Waals surface area contributed by atoms with Gasteiger partial charge in [-0.2, -0.15) is 0 Å². The Hall–Kier alpha value is -2.00. The maximum absolute atomic E-state index is 6.40. The Kier molecular flexibility index (Phi) is 4.34. The Morgan fingerprint density at radius 1 is 1.18 bits per heavy atom. The zero-order valence-corrected chi connectivity index (χ0v) is 13.5. The first-order valence-corrected chi connectivity index (χ1v) is 7.76. The van der Waals surface area contributed by atoms with Gasteiger partial charge in [0.15, 0.2) is 0 Å². The van der Waals surface area contributed by atoms with Crippen LogP contribution in [-0.2, 0) is 0 Å². The largest absolute Gasteiger partial charge is 0.497 e. The molecule has 0 saturated heterocycles. The van der Waals surface area contributed by atoms with E-state index in [1.54, 1.807) is 7.11 Å². The predicted octanol–water partition coefficient (Wildman–Crippen LogP) is 3.59. The van der Waals surface area contributed by atoms with E-state index in [-0.39, 0.29) is 5.38 Å². The smallest absolute Gasteiger partial charge is 0.120 e. The van der Waals surface area contributed by atoms with Crippen molar-refractivity contribution in [2.45, 2.75) is 5.38 Å². The Labute approximate surface area is 136 Å². The standard InChI is InChI=1S/C18H19ClN2O/c1-21-12-14(19)11-20-18(13-6-4-3-5-7-13)16-9-8-15(22-2)10-17(16)21/h3-10,14H,11-12H2,1-2H3/b20-18-. The van der Waals surface area contributed by atoms with E-state index >= 15 is 0 Å². The van der Waals surface area contributed by atoms with Gasteiger partial charge >= 0.3 is 0 Å². The highest BCUT2D eigenvalue weighted by molar-refractivity contribution is 6.22. The van der Waals surface area contributed by atoms with Crippen LogP contribution in [0.25, 0.3) is 0 Å². The van der Waals surface area contributed by atoms with Crippen molar-refractivity contribution in [1.29, 1.82) is 0 Å². The molecule has 0 N–H and O–H groups in total. The number of anilines is 1. The van der Waals surface area contributed by atoms with Crippen molar-refractivity contribution in [3.63, 3.8) is 0 Å². The Morgan fingerprint density at radius 2 is 1.95 bits per heavy atom. The third kappa shape index (κ3) is 2.95. The fourth-order valence-corrected chi connectivity index (χ4v) is 3.00. The summed E-state index contributed by atoms with van der Waals surface area (Å²) in [6, 6.07) is 16.3. The number of aliphatic imine (C=N–C) groups is 1. The second-order valence-corrected chi connectivity index (χ2v) is 6.03. The lowest BCUT2D eigenvalue weighted by Gasteiger charge is -2.28. The van der Waals surface area contributed by atoms with Gasteiger partial charge in [-0.25, -0.2) is 0 Å². The molecule has 0 aliphatic carbocycles. The topological polar surface area (TPSA) is 24.8 Å². The van der Waals surface area contributed by atoms with Crippen LogP contribution in [-0.4, -0.2) is 38.3 Å². The van der Waals surface area contributed by atoms with Crippen molar-refractivity contribution in [2.24, 2.45) is 4.99 Å². The summed E-state index contributed by atoms with van der Waals surface area (Å²) in [5, 5.41) is -0.0111. The molecule has 4 heteroatoms. The van der Waals surface area contributed by atoms with Crippen LogP contribution < -0.4 is 9.64 Å². The maximum atomic E-state index is 6.40. The van der Waals surface area contributed by atoms with Gasteiger partial charge in [-0.15, -0.1) is 11.6 Å².